The Morgan fingerprint density at radius 1 is 1.16 bits per heavy atom. The maximum atomic E-state index is 12.2. The summed E-state index contributed by atoms with van der Waals surface area (Å²) in [6, 6.07) is 15.4. The van der Waals surface area contributed by atoms with E-state index in [4.69, 9.17) is 4.74 Å². The standard InChI is InChI=1S/C21H26N2O2/c1-15(2)14-25-18-9-7-8-17(12-18)22-13-21(24)23-20-11-6-5-10-19(20)16(3)4/h5-12,16,22H,1,13-14H2,2-4H3,(H,23,24). The summed E-state index contributed by atoms with van der Waals surface area (Å²) in [7, 11) is 0. The minimum Gasteiger partial charge on any atom is -0.489 e. The highest BCUT2D eigenvalue weighted by molar-refractivity contribution is 5.94. The fourth-order valence-corrected chi connectivity index (χ4v) is 2.39. The summed E-state index contributed by atoms with van der Waals surface area (Å²) in [6.07, 6.45) is 0. The number of nitrogens with one attached hydrogen (secondary N) is 2. The van der Waals surface area contributed by atoms with E-state index < -0.39 is 0 Å². The van der Waals surface area contributed by atoms with Crippen LogP contribution in [0.2, 0.25) is 0 Å². The van der Waals surface area contributed by atoms with Crippen molar-refractivity contribution in [2.75, 3.05) is 23.8 Å². The lowest BCUT2D eigenvalue weighted by Crippen LogP contribution is -2.22. The zero-order chi connectivity index (χ0) is 18.2. The summed E-state index contributed by atoms with van der Waals surface area (Å²) in [5.74, 6) is 1.02. The van der Waals surface area contributed by atoms with E-state index in [-0.39, 0.29) is 12.5 Å². The zero-order valence-electron chi connectivity index (χ0n) is 15.1. The van der Waals surface area contributed by atoms with E-state index >= 15 is 0 Å². The Kier molecular flexibility index (Phi) is 6.63. The second kappa shape index (κ2) is 8.92. The Morgan fingerprint density at radius 3 is 2.64 bits per heavy atom. The molecule has 0 atom stereocenters. The van der Waals surface area contributed by atoms with Gasteiger partial charge in [-0.05, 0) is 42.2 Å². The van der Waals surface area contributed by atoms with E-state index in [2.05, 4.69) is 31.1 Å². The Bertz CT molecular complexity index is 738. The maximum absolute atomic E-state index is 12.2. The summed E-state index contributed by atoms with van der Waals surface area (Å²) >= 11 is 0. The number of carbonyl (C=O) groups excluding carboxylic acids is 1. The molecule has 0 heterocycles. The van der Waals surface area contributed by atoms with Crippen molar-refractivity contribution in [1.29, 1.82) is 0 Å². The molecule has 0 saturated carbocycles. The Hall–Kier alpha value is -2.75. The van der Waals surface area contributed by atoms with Gasteiger partial charge in [0.2, 0.25) is 5.91 Å². The highest BCUT2D eigenvalue weighted by atomic mass is 16.5. The van der Waals surface area contributed by atoms with Crippen molar-refractivity contribution in [3.05, 3.63) is 66.2 Å². The van der Waals surface area contributed by atoms with Crippen LogP contribution in [0.5, 0.6) is 5.75 Å². The minimum absolute atomic E-state index is 0.0821. The van der Waals surface area contributed by atoms with Gasteiger partial charge in [-0.3, -0.25) is 4.79 Å². The number of hydrogen-bond donors (Lipinski definition) is 2. The van der Waals surface area contributed by atoms with Gasteiger partial charge in [-0.25, -0.2) is 0 Å². The first kappa shape index (κ1) is 18.6. The molecular weight excluding hydrogens is 312 g/mol. The van der Waals surface area contributed by atoms with Gasteiger partial charge in [0, 0.05) is 17.4 Å². The fraction of sp³-hybridized carbons (Fsp3) is 0.286. The molecule has 0 aliphatic rings. The lowest BCUT2D eigenvalue weighted by Gasteiger charge is -2.14. The Morgan fingerprint density at radius 2 is 1.92 bits per heavy atom. The van der Waals surface area contributed by atoms with Crippen molar-refractivity contribution in [3.8, 4) is 5.75 Å². The second-order valence-corrected chi connectivity index (χ2v) is 6.42. The van der Waals surface area contributed by atoms with E-state index in [9.17, 15) is 4.79 Å². The molecule has 0 aliphatic heterocycles. The van der Waals surface area contributed by atoms with E-state index in [0.717, 1.165) is 28.3 Å². The highest BCUT2D eigenvalue weighted by Crippen LogP contribution is 2.23. The third-order valence-electron chi connectivity index (χ3n) is 3.63. The third-order valence-corrected chi connectivity index (χ3v) is 3.63. The van der Waals surface area contributed by atoms with Crippen molar-refractivity contribution >= 4 is 17.3 Å². The number of anilines is 2. The lowest BCUT2D eigenvalue weighted by molar-refractivity contribution is -0.114. The maximum Gasteiger partial charge on any atom is 0.243 e. The number of para-hydroxylation sites is 1. The number of amides is 1. The average Bonchev–Trinajstić information content (AvgIpc) is 2.59. The second-order valence-electron chi connectivity index (χ2n) is 6.42. The van der Waals surface area contributed by atoms with Gasteiger partial charge >= 0.3 is 0 Å². The van der Waals surface area contributed by atoms with Crippen LogP contribution in [0.3, 0.4) is 0 Å². The van der Waals surface area contributed by atoms with Gasteiger partial charge in [0.25, 0.3) is 0 Å². The highest BCUT2D eigenvalue weighted by Gasteiger charge is 2.09. The van der Waals surface area contributed by atoms with Crippen molar-refractivity contribution in [2.45, 2.75) is 26.7 Å². The Labute approximate surface area is 149 Å². The summed E-state index contributed by atoms with van der Waals surface area (Å²) in [5, 5.41) is 6.10. The molecule has 0 bridgehead atoms. The fourth-order valence-electron chi connectivity index (χ4n) is 2.39. The number of benzene rings is 2. The summed E-state index contributed by atoms with van der Waals surface area (Å²) in [5.41, 5.74) is 3.79. The molecule has 0 spiro atoms. The number of ether oxygens (including phenoxy) is 1. The van der Waals surface area contributed by atoms with Crippen LogP contribution in [0.25, 0.3) is 0 Å². The van der Waals surface area contributed by atoms with Gasteiger partial charge < -0.3 is 15.4 Å². The van der Waals surface area contributed by atoms with Crippen LogP contribution in [0.4, 0.5) is 11.4 Å². The van der Waals surface area contributed by atoms with Gasteiger partial charge in [0.1, 0.15) is 12.4 Å². The summed E-state index contributed by atoms with van der Waals surface area (Å²) < 4.78 is 5.61. The average molecular weight is 338 g/mol. The van der Waals surface area contributed by atoms with Crippen molar-refractivity contribution in [1.82, 2.24) is 0 Å². The summed E-state index contributed by atoms with van der Waals surface area (Å²) in [6.45, 7) is 10.6. The first-order chi connectivity index (χ1) is 12.0. The molecule has 0 radical (unpaired) electrons. The molecule has 132 valence electrons. The molecule has 0 unspecified atom stereocenters. The monoisotopic (exact) mass is 338 g/mol. The third kappa shape index (κ3) is 5.99. The molecule has 4 heteroatoms. The Balaban J connectivity index is 1.92. The van der Waals surface area contributed by atoms with Crippen molar-refractivity contribution < 1.29 is 9.53 Å². The first-order valence-corrected chi connectivity index (χ1v) is 8.45. The number of carbonyl (C=O) groups is 1. The normalized spacial score (nSPS) is 10.4. The molecular formula is C21H26N2O2. The molecule has 0 fully saturated rings. The number of rotatable bonds is 8. The summed E-state index contributed by atoms with van der Waals surface area (Å²) in [4.78, 5) is 12.2. The number of hydrogen-bond acceptors (Lipinski definition) is 3. The molecule has 25 heavy (non-hydrogen) atoms. The zero-order valence-corrected chi connectivity index (χ0v) is 15.1. The topological polar surface area (TPSA) is 50.4 Å². The minimum atomic E-state index is -0.0821. The molecule has 0 aliphatic carbocycles. The van der Waals surface area contributed by atoms with Crippen molar-refractivity contribution in [3.63, 3.8) is 0 Å². The first-order valence-electron chi connectivity index (χ1n) is 8.45. The van der Waals surface area contributed by atoms with Gasteiger partial charge in [0.05, 0.1) is 6.54 Å². The van der Waals surface area contributed by atoms with Crippen LogP contribution in [-0.2, 0) is 4.79 Å². The molecule has 2 aromatic rings. The van der Waals surface area contributed by atoms with Crippen LogP contribution < -0.4 is 15.4 Å². The van der Waals surface area contributed by atoms with Crippen LogP contribution in [0, 0.1) is 0 Å². The van der Waals surface area contributed by atoms with E-state index in [1.807, 2.05) is 55.5 Å². The van der Waals surface area contributed by atoms with E-state index in [1.165, 1.54) is 0 Å². The molecule has 2 aromatic carbocycles. The SMILES string of the molecule is C=C(C)COc1cccc(NCC(=O)Nc2ccccc2C(C)C)c1. The van der Waals surface area contributed by atoms with Crippen LogP contribution in [0.15, 0.2) is 60.7 Å². The van der Waals surface area contributed by atoms with Crippen molar-refractivity contribution in [2.24, 2.45) is 0 Å². The predicted molar refractivity (Wildman–Crippen MR) is 104 cm³/mol. The largest absolute Gasteiger partial charge is 0.489 e. The van der Waals surface area contributed by atoms with Crippen LogP contribution in [-0.4, -0.2) is 19.1 Å². The molecule has 2 N–H and O–H groups in total. The molecule has 1 amide bonds. The molecule has 4 nitrogen and oxygen atoms in total. The van der Waals surface area contributed by atoms with Gasteiger partial charge in [-0.2, -0.15) is 0 Å². The molecule has 0 saturated heterocycles. The van der Waals surface area contributed by atoms with Gasteiger partial charge in [0.15, 0.2) is 0 Å². The van der Waals surface area contributed by atoms with Gasteiger partial charge in [-0.15, -0.1) is 0 Å². The van der Waals surface area contributed by atoms with E-state index in [1.54, 1.807) is 0 Å². The van der Waals surface area contributed by atoms with Crippen LogP contribution >= 0.6 is 0 Å². The molecule has 0 aromatic heterocycles. The van der Waals surface area contributed by atoms with Gasteiger partial charge in [-0.1, -0.05) is 44.7 Å². The van der Waals surface area contributed by atoms with E-state index in [0.29, 0.717) is 12.5 Å². The predicted octanol–water partition coefficient (Wildman–Crippen LogP) is 4.82. The molecule has 2 rings (SSSR count). The smallest absolute Gasteiger partial charge is 0.243 e. The van der Waals surface area contributed by atoms with Crippen LogP contribution in [0.1, 0.15) is 32.3 Å². The lowest BCUT2D eigenvalue weighted by atomic mass is 10.0. The quantitative estimate of drug-likeness (QED) is 0.679.